The van der Waals surface area contributed by atoms with Gasteiger partial charge in [-0.25, -0.2) is 4.68 Å². The van der Waals surface area contributed by atoms with Gasteiger partial charge in [-0.3, -0.25) is 4.90 Å². The first-order valence-corrected chi connectivity index (χ1v) is 7.00. The minimum Gasteiger partial charge on any atom is -0.298 e. The van der Waals surface area contributed by atoms with Crippen LogP contribution in [0.5, 0.6) is 0 Å². The Morgan fingerprint density at radius 2 is 1.89 bits per heavy atom. The molecule has 100 valence electrons. The fourth-order valence-electron chi connectivity index (χ4n) is 2.99. The van der Waals surface area contributed by atoms with Crippen LogP contribution in [0.2, 0.25) is 0 Å². The zero-order valence-corrected chi connectivity index (χ0v) is 11.9. The van der Waals surface area contributed by atoms with Crippen LogP contribution >= 0.6 is 0 Å². The molecule has 0 aliphatic carbocycles. The molecule has 1 aliphatic rings. The van der Waals surface area contributed by atoms with Gasteiger partial charge in [0.25, 0.3) is 0 Å². The molecule has 1 aromatic carbocycles. The number of aromatic nitrogens is 2. The standard InChI is InChI=1S/C16H21N3/c1-12-13(2)19(14-8-5-4-6-9-14)17-16(12)15-10-7-11-18(15)3/h4-6,8-9,15H,7,10-11H2,1-3H3. The van der Waals surface area contributed by atoms with E-state index < -0.39 is 0 Å². The van der Waals surface area contributed by atoms with E-state index in [1.54, 1.807) is 0 Å². The van der Waals surface area contributed by atoms with Gasteiger partial charge in [-0.2, -0.15) is 5.10 Å². The zero-order valence-electron chi connectivity index (χ0n) is 11.9. The highest BCUT2D eigenvalue weighted by Crippen LogP contribution is 2.33. The molecular formula is C16H21N3. The summed E-state index contributed by atoms with van der Waals surface area (Å²) in [7, 11) is 2.20. The number of likely N-dealkylation sites (tertiary alicyclic amines) is 1. The maximum absolute atomic E-state index is 4.89. The molecule has 1 saturated heterocycles. The molecule has 2 heterocycles. The summed E-state index contributed by atoms with van der Waals surface area (Å²) in [6, 6.07) is 10.9. The average molecular weight is 255 g/mol. The van der Waals surface area contributed by atoms with Gasteiger partial charge in [0, 0.05) is 5.69 Å². The van der Waals surface area contributed by atoms with Crippen molar-refractivity contribution >= 4 is 0 Å². The van der Waals surface area contributed by atoms with Crippen molar-refractivity contribution in [2.24, 2.45) is 0 Å². The quantitative estimate of drug-likeness (QED) is 0.821. The first-order valence-electron chi connectivity index (χ1n) is 7.00. The van der Waals surface area contributed by atoms with Crippen molar-refractivity contribution in [1.82, 2.24) is 14.7 Å². The van der Waals surface area contributed by atoms with Crippen molar-refractivity contribution in [1.29, 1.82) is 0 Å². The third-order valence-corrected chi connectivity index (χ3v) is 4.29. The summed E-state index contributed by atoms with van der Waals surface area (Å²) in [5.74, 6) is 0. The molecule has 0 amide bonds. The summed E-state index contributed by atoms with van der Waals surface area (Å²) in [6.45, 7) is 5.54. The normalized spacial score (nSPS) is 20.1. The average Bonchev–Trinajstić information content (AvgIpc) is 2.97. The molecule has 3 rings (SSSR count). The van der Waals surface area contributed by atoms with E-state index in [9.17, 15) is 0 Å². The van der Waals surface area contributed by atoms with Crippen LogP contribution in [-0.4, -0.2) is 28.3 Å². The summed E-state index contributed by atoms with van der Waals surface area (Å²) in [6.07, 6.45) is 2.50. The van der Waals surface area contributed by atoms with Crippen molar-refractivity contribution < 1.29 is 0 Å². The van der Waals surface area contributed by atoms with Crippen LogP contribution in [0.3, 0.4) is 0 Å². The van der Waals surface area contributed by atoms with Crippen LogP contribution < -0.4 is 0 Å². The molecule has 0 radical (unpaired) electrons. The van der Waals surface area contributed by atoms with Crippen molar-refractivity contribution in [2.75, 3.05) is 13.6 Å². The Morgan fingerprint density at radius 3 is 2.53 bits per heavy atom. The van der Waals surface area contributed by atoms with Crippen molar-refractivity contribution in [3.8, 4) is 5.69 Å². The fraction of sp³-hybridized carbons (Fsp3) is 0.438. The lowest BCUT2D eigenvalue weighted by atomic mass is 10.1. The van der Waals surface area contributed by atoms with E-state index in [0.717, 1.165) is 5.69 Å². The van der Waals surface area contributed by atoms with Crippen molar-refractivity contribution in [2.45, 2.75) is 32.7 Å². The summed E-state index contributed by atoms with van der Waals surface area (Å²) < 4.78 is 2.08. The second-order valence-corrected chi connectivity index (χ2v) is 5.48. The highest BCUT2D eigenvalue weighted by molar-refractivity contribution is 5.37. The van der Waals surface area contributed by atoms with Gasteiger partial charge in [0.05, 0.1) is 17.4 Å². The number of nitrogens with zero attached hydrogens (tertiary/aromatic N) is 3. The van der Waals surface area contributed by atoms with Crippen LogP contribution in [0.1, 0.15) is 35.8 Å². The Bertz CT molecular complexity index is 571. The summed E-state index contributed by atoms with van der Waals surface area (Å²) >= 11 is 0. The molecule has 1 fully saturated rings. The molecule has 0 saturated carbocycles. The van der Waals surface area contributed by atoms with Gasteiger partial charge in [0.1, 0.15) is 0 Å². The van der Waals surface area contributed by atoms with Crippen LogP contribution in [-0.2, 0) is 0 Å². The van der Waals surface area contributed by atoms with E-state index in [4.69, 9.17) is 5.10 Å². The molecule has 1 aromatic heterocycles. The predicted octanol–water partition coefficient (Wildman–Crippen LogP) is 3.26. The predicted molar refractivity (Wildman–Crippen MR) is 77.6 cm³/mol. The van der Waals surface area contributed by atoms with Gasteiger partial charge in [-0.05, 0) is 58.0 Å². The molecule has 1 aliphatic heterocycles. The number of para-hydroxylation sites is 1. The third-order valence-electron chi connectivity index (χ3n) is 4.29. The van der Waals surface area contributed by atoms with Gasteiger partial charge in [0.2, 0.25) is 0 Å². The minimum atomic E-state index is 0.490. The maximum atomic E-state index is 4.89. The lowest BCUT2D eigenvalue weighted by Gasteiger charge is -2.17. The minimum absolute atomic E-state index is 0.490. The highest BCUT2D eigenvalue weighted by atomic mass is 15.3. The lowest BCUT2D eigenvalue weighted by Crippen LogP contribution is -2.18. The van der Waals surface area contributed by atoms with E-state index in [2.05, 4.69) is 54.7 Å². The Balaban J connectivity index is 2.05. The molecule has 2 aromatic rings. The summed E-state index contributed by atoms with van der Waals surface area (Å²) in [5.41, 5.74) is 4.99. The molecule has 1 unspecified atom stereocenters. The topological polar surface area (TPSA) is 21.1 Å². The second kappa shape index (κ2) is 4.82. The number of hydrogen-bond donors (Lipinski definition) is 0. The first kappa shape index (κ1) is 12.4. The molecule has 0 bridgehead atoms. The van der Waals surface area contributed by atoms with E-state index in [1.165, 1.54) is 36.3 Å². The molecule has 0 N–H and O–H groups in total. The highest BCUT2D eigenvalue weighted by Gasteiger charge is 2.27. The lowest BCUT2D eigenvalue weighted by molar-refractivity contribution is 0.310. The maximum Gasteiger partial charge on any atom is 0.0832 e. The monoisotopic (exact) mass is 255 g/mol. The smallest absolute Gasteiger partial charge is 0.0832 e. The Morgan fingerprint density at radius 1 is 1.16 bits per heavy atom. The molecule has 3 heteroatoms. The van der Waals surface area contributed by atoms with Crippen molar-refractivity contribution in [3.05, 3.63) is 47.3 Å². The number of benzene rings is 1. The van der Waals surface area contributed by atoms with Gasteiger partial charge < -0.3 is 0 Å². The van der Waals surface area contributed by atoms with Crippen molar-refractivity contribution in [3.63, 3.8) is 0 Å². The zero-order chi connectivity index (χ0) is 13.4. The van der Waals surface area contributed by atoms with Gasteiger partial charge in [-0.1, -0.05) is 18.2 Å². The van der Waals surface area contributed by atoms with Gasteiger partial charge in [0.15, 0.2) is 0 Å². The third kappa shape index (κ3) is 2.08. The Hall–Kier alpha value is -1.61. The van der Waals surface area contributed by atoms with E-state index >= 15 is 0 Å². The molecule has 0 spiro atoms. The van der Waals surface area contributed by atoms with Crippen LogP contribution in [0.4, 0.5) is 0 Å². The van der Waals surface area contributed by atoms with Crippen LogP contribution in [0, 0.1) is 13.8 Å². The fourth-order valence-corrected chi connectivity index (χ4v) is 2.99. The largest absolute Gasteiger partial charge is 0.298 e. The van der Waals surface area contributed by atoms with Crippen LogP contribution in [0.25, 0.3) is 5.69 Å². The number of rotatable bonds is 2. The molecular weight excluding hydrogens is 234 g/mol. The van der Waals surface area contributed by atoms with Gasteiger partial charge in [-0.15, -0.1) is 0 Å². The van der Waals surface area contributed by atoms with Gasteiger partial charge >= 0.3 is 0 Å². The van der Waals surface area contributed by atoms with E-state index in [1.807, 2.05) is 6.07 Å². The summed E-state index contributed by atoms with van der Waals surface area (Å²) in [5, 5.41) is 4.89. The van der Waals surface area contributed by atoms with E-state index in [-0.39, 0.29) is 0 Å². The van der Waals surface area contributed by atoms with E-state index in [0.29, 0.717) is 6.04 Å². The SMILES string of the molecule is Cc1c(C2CCCN2C)nn(-c2ccccc2)c1C. The second-order valence-electron chi connectivity index (χ2n) is 5.48. The van der Waals surface area contributed by atoms with Crippen LogP contribution in [0.15, 0.2) is 30.3 Å². The first-order chi connectivity index (χ1) is 9.18. The molecule has 19 heavy (non-hydrogen) atoms. The summed E-state index contributed by atoms with van der Waals surface area (Å²) in [4.78, 5) is 2.42. The molecule has 1 atom stereocenters. The Labute approximate surface area is 114 Å². The number of hydrogen-bond acceptors (Lipinski definition) is 2. The Kier molecular flexibility index (Phi) is 3.15. The molecule has 3 nitrogen and oxygen atoms in total.